The molecule has 1 N–H and O–H groups in total. The highest BCUT2D eigenvalue weighted by Crippen LogP contribution is 2.44. The lowest BCUT2D eigenvalue weighted by atomic mass is 10.1. The molecule has 0 amide bonds. The van der Waals surface area contributed by atoms with Gasteiger partial charge in [-0.1, -0.05) is 48.0 Å². The molecule has 0 atom stereocenters. The molecule has 0 aliphatic heterocycles. The summed E-state index contributed by atoms with van der Waals surface area (Å²) < 4.78 is 54.5. The fourth-order valence-electron chi connectivity index (χ4n) is 4.19. The Hall–Kier alpha value is -4.96. The molecule has 0 aliphatic rings. The van der Waals surface area contributed by atoms with Crippen molar-refractivity contribution in [3.05, 3.63) is 106 Å². The molecule has 210 valence electrons. The van der Waals surface area contributed by atoms with Gasteiger partial charge < -0.3 is 27.9 Å². The lowest BCUT2D eigenvalue weighted by Gasteiger charge is -2.16. The molecule has 0 aliphatic carbocycles. The number of hydrogen-bond acceptors (Lipinski definition) is 9. The summed E-state index contributed by atoms with van der Waals surface area (Å²) in [5.41, 5.74) is 1.05. The zero-order chi connectivity index (χ0) is 29.1. The van der Waals surface area contributed by atoms with Crippen molar-refractivity contribution in [3.8, 4) is 40.1 Å². The summed E-state index contributed by atoms with van der Waals surface area (Å²) >= 11 is 0. The number of aryl methyl sites for hydroxylation is 1. The molecule has 10 heteroatoms. The number of fused-ring (bicyclic) bond motifs is 1. The molecule has 5 aromatic rings. The average Bonchev–Trinajstić information content (AvgIpc) is 2.98. The molecule has 5 rings (SSSR count). The molecule has 0 saturated carbocycles. The van der Waals surface area contributed by atoms with Crippen molar-refractivity contribution in [2.75, 3.05) is 14.2 Å². The molecule has 1 heterocycles. The third-order valence-electron chi connectivity index (χ3n) is 6.33. The van der Waals surface area contributed by atoms with Crippen LogP contribution in [0.25, 0.3) is 22.3 Å². The summed E-state index contributed by atoms with van der Waals surface area (Å²) in [4.78, 5) is 13.7. The van der Waals surface area contributed by atoms with Gasteiger partial charge in [0.1, 0.15) is 28.2 Å². The fourth-order valence-corrected chi connectivity index (χ4v) is 5.12. The van der Waals surface area contributed by atoms with Crippen LogP contribution >= 0.6 is 0 Å². The predicted octanol–water partition coefficient (Wildman–Crippen LogP) is 5.84. The highest BCUT2D eigenvalue weighted by atomic mass is 32.2. The molecular weight excluding hydrogens is 548 g/mol. The first-order valence-corrected chi connectivity index (χ1v) is 13.9. The van der Waals surface area contributed by atoms with Crippen LogP contribution in [0, 0.1) is 6.92 Å². The van der Waals surface area contributed by atoms with Gasteiger partial charge in [0, 0.05) is 11.6 Å². The summed E-state index contributed by atoms with van der Waals surface area (Å²) in [6.45, 7) is 1.96. The minimum atomic E-state index is -4.46. The van der Waals surface area contributed by atoms with Crippen molar-refractivity contribution in [3.63, 3.8) is 0 Å². The minimum Gasteiger partial charge on any atom is -0.504 e. The van der Waals surface area contributed by atoms with Crippen molar-refractivity contribution in [2.24, 2.45) is 0 Å². The van der Waals surface area contributed by atoms with E-state index in [1.165, 1.54) is 32.4 Å². The van der Waals surface area contributed by atoms with Crippen LogP contribution in [0.2, 0.25) is 0 Å². The smallest absolute Gasteiger partial charge is 0.339 e. The first-order chi connectivity index (χ1) is 19.7. The number of phenolic OH excluding ortho intramolecular Hbond substituents is 1. The SMILES string of the molecule is COc1ccc(-c2oc3cc(OCc4ccccc4)c(OC)c(O)c3c(=O)c2OS(=O)(=O)c2ccc(C)cc2)cc1. The maximum atomic E-state index is 13.9. The van der Waals surface area contributed by atoms with Crippen molar-refractivity contribution >= 4 is 21.1 Å². The predicted molar refractivity (Wildman–Crippen MR) is 152 cm³/mol. The van der Waals surface area contributed by atoms with Crippen LogP contribution < -0.4 is 23.8 Å². The number of ether oxygens (including phenoxy) is 3. The Morgan fingerprint density at radius 2 is 1.54 bits per heavy atom. The monoisotopic (exact) mass is 574 g/mol. The van der Waals surface area contributed by atoms with Crippen LogP contribution in [0.5, 0.6) is 28.7 Å². The maximum absolute atomic E-state index is 13.9. The molecule has 0 spiro atoms. The first kappa shape index (κ1) is 27.6. The van der Waals surface area contributed by atoms with E-state index in [1.54, 1.807) is 36.4 Å². The molecule has 0 fully saturated rings. The number of rotatable bonds is 9. The first-order valence-electron chi connectivity index (χ1n) is 12.4. The summed E-state index contributed by atoms with van der Waals surface area (Å²) in [5.74, 6) is -0.847. The number of benzene rings is 4. The van der Waals surface area contributed by atoms with Gasteiger partial charge in [0.05, 0.1) is 14.2 Å². The Morgan fingerprint density at radius 3 is 2.17 bits per heavy atom. The van der Waals surface area contributed by atoms with E-state index in [2.05, 4.69) is 0 Å². The normalized spacial score (nSPS) is 11.3. The van der Waals surface area contributed by atoms with Crippen LogP contribution in [0.3, 0.4) is 0 Å². The summed E-state index contributed by atoms with van der Waals surface area (Å²) in [7, 11) is -1.65. The van der Waals surface area contributed by atoms with Crippen molar-refractivity contribution in [1.29, 1.82) is 0 Å². The standard InChI is InChI=1S/C31H26O9S/c1-19-9-15-23(16-10-19)41(34,35)40-31-28(33)26-24(39-29(31)21-11-13-22(36-2)14-12-21)17-25(30(37-3)27(26)32)38-18-20-7-5-4-6-8-20/h4-17,32H,18H2,1-3H3. The van der Waals surface area contributed by atoms with Gasteiger partial charge in [0.15, 0.2) is 17.3 Å². The van der Waals surface area contributed by atoms with Crippen molar-refractivity contribution in [2.45, 2.75) is 18.4 Å². The molecule has 0 radical (unpaired) electrons. The average molecular weight is 575 g/mol. The van der Waals surface area contributed by atoms with Crippen LogP contribution in [0.1, 0.15) is 11.1 Å². The Labute approximate surface area is 236 Å². The van der Waals surface area contributed by atoms with Crippen molar-refractivity contribution < 1.29 is 36.3 Å². The molecule has 0 unspecified atom stereocenters. The van der Waals surface area contributed by atoms with Gasteiger partial charge in [-0.2, -0.15) is 8.42 Å². The van der Waals surface area contributed by atoms with Gasteiger partial charge in [-0.05, 0) is 48.9 Å². The molecule has 0 saturated heterocycles. The third-order valence-corrected chi connectivity index (χ3v) is 7.57. The maximum Gasteiger partial charge on any atom is 0.339 e. The van der Waals surface area contributed by atoms with Crippen LogP contribution in [-0.4, -0.2) is 27.7 Å². The Balaban J connectivity index is 1.70. The van der Waals surface area contributed by atoms with Gasteiger partial charge in [0.25, 0.3) is 0 Å². The van der Waals surface area contributed by atoms with E-state index in [9.17, 15) is 18.3 Å². The minimum absolute atomic E-state index is 0.0673. The number of phenols is 1. The van der Waals surface area contributed by atoms with E-state index in [4.69, 9.17) is 22.8 Å². The second kappa shape index (κ2) is 11.3. The Morgan fingerprint density at radius 1 is 0.854 bits per heavy atom. The van der Waals surface area contributed by atoms with E-state index in [0.717, 1.165) is 11.1 Å². The number of methoxy groups -OCH3 is 2. The molecular formula is C31H26O9S. The van der Waals surface area contributed by atoms with Crippen LogP contribution in [0.4, 0.5) is 0 Å². The molecule has 0 bridgehead atoms. The fraction of sp³-hybridized carbons (Fsp3) is 0.129. The van der Waals surface area contributed by atoms with Gasteiger partial charge in [-0.15, -0.1) is 0 Å². The van der Waals surface area contributed by atoms with E-state index < -0.39 is 27.0 Å². The van der Waals surface area contributed by atoms with Gasteiger partial charge in [0.2, 0.25) is 16.9 Å². The topological polar surface area (TPSA) is 122 Å². The van der Waals surface area contributed by atoms with Crippen LogP contribution in [-0.2, 0) is 16.7 Å². The van der Waals surface area contributed by atoms with Crippen molar-refractivity contribution in [1.82, 2.24) is 0 Å². The van der Waals surface area contributed by atoms with Gasteiger partial charge in [-0.25, -0.2) is 0 Å². The molecule has 4 aromatic carbocycles. The summed E-state index contributed by atoms with van der Waals surface area (Å²) in [6.07, 6.45) is 0. The Bertz CT molecular complexity index is 1860. The van der Waals surface area contributed by atoms with Gasteiger partial charge >= 0.3 is 10.1 Å². The molecule has 1 aromatic heterocycles. The second-order valence-electron chi connectivity index (χ2n) is 9.07. The molecule has 9 nitrogen and oxygen atoms in total. The zero-order valence-electron chi connectivity index (χ0n) is 22.4. The van der Waals surface area contributed by atoms with E-state index in [-0.39, 0.29) is 39.7 Å². The van der Waals surface area contributed by atoms with E-state index in [1.807, 2.05) is 37.3 Å². The van der Waals surface area contributed by atoms with E-state index >= 15 is 0 Å². The van der Waals surface area contributed by atoms with Gasteiger partial charge in [-0.3, -0.25) is 4.79 Å². The summed E-state index contributed by atoms with van der Waals surface area (Å²) in [5, 5.41) is 10.8. The number of aromatic hydroxyl groups is 1. The lowest BCUT2D eigenvalue weighted by molar-refractivity contribution is 0.278. The quantitative estimate of drug-likeness (QED) is 0.216. The van der Waals surface area contributed by atoms with E-state index in [0.29, 0.717) is 11.3 Å². The molecule has 41 heavy (non-hydrogen) atoms. The zero-order valence-corrected chi connectivity index (χ0v) is 23.2. The highest BCUT2D eigenvalue weighted by Gasteiger charge is 2.28. The van der Waals surface area contributed by atoms with Crippen LogP contribution in [0.15, 0.2) is 99.0 Å². The third kappa shape index (κ3) is 5.55. The lowest BCUT2D eigenvalue weighted by Crippen LogP contribution is -2.17. The largest absolute Gasteiger partial charge is 0.504 e. The second-order valence-corrected chi connectivity index (χ2v) is 10.6. The summed E-state index contributed by atoms with van der Waals surface area (Å²) in [6, 6.07) is 23.1. The Kier molecular flexibility index (Phi) is 7.58. The number of hydrogen-bond donors (Lipinski definition) is 1. The highest BCUT2D eigenvalue weighted by molar-refractivity contribution is 7.87.